The zero-order valence-corrected chi connectivity index (χ0v) is 10.9. The largest absolute Gasteiger partial charge is 0.376 e. The molecule has 1 amide bonds. The van der Waals surface area contributed by atoms with Crippen LogP contribution in [0.15, 0.2) is 18.2 Å². The Balaban J connectivity index is 1.90. The van der Waals surface area contributed by atoms with Crippen LogP contribution in [0.4, 0.5) is 14.5 Å². The van der Waals surface area contributed by atoms with Crippen molar-refractivity contribution >= 4 is 11.6 Å². The molecule has 0 aliphatic heterocycles. The van der Waals surface area contributed by atoms with Gasteiger partial charge >= 0.3 is 0 Å². The highest BCUT2D eigenvalue weighted by molar-refractivity contribution is 5.81. The van der Waals surface area contributed by atoms with Gasteiger partial charge in [-0.1, -0.05) is 0 Å². The van der Waals surface area contributed by atoms with Crippen LogP contribution in [0.25, 0.3) is 0 Å². The number of nitrogens with zero attached hydrogens (tertiary/aromatic N) is 1. The number of carbonyl (C=O) groups is 1. The number of carbonyl (C=O) groups excluding carboxylic acids is 1. The average molecular weight is 279 g/mol. The summed E-state index contributed by atoms with van der Waals surface area (Å²) >= 11 is 0. The van der Waals surface area contributed by atoms with Crippen molar-refractivity contribution in [1.29, 1.82) is 5.26 Å². The Morgan fingerprint density at radius 1 is 1.25 bits per heavy atom. The van der Waals surface area contributed by atoms with Crippen molar-refractivity contribution in [2.24, 2.45) is 0 Å². The van der Waals surface area contributed by atoms with E-state index in [0.717, 1.165) is 31.0 Å². The second kappa shape index (κ2) is 5.87. The van der Waals surface area contributed by atoms with Gasteiger partial charge in [0.25, 0.3) is 0 Å². The Morgan fingerprint density at radius 3 is 2.40 bits per heavy atom. The number of nitriles is 1. The molecule has 0 radical (unpaired) electrons. The van der Waals surface area contributed by atoms with E-state index in [4.69, 9.17) is 5.26 Å². The Hall–Kier alpha value is -2.16. The Morgan fingerprint density at radius 2 is 1.85 bits per heavy atom. The zero-order valence-electron chi connectivity index (χ0n) is 10.9. The quantitative estimate of drug-likeness (QED) is 0.889. The minimum absolute atomic E-state index is 0.133. The molecule has 2 rings (SSSR count). The smallest absolute Gasteiger partial charge is 0.240 e. The SMILES string of the molecule is N#CC1(NC(=O)CNc2cc(F)cc(F)c2)CCCC1. The van der Waals surface area contributed by atoms with Gasteiger partial charge < -0.3 is 10.6 Å². The van der Waals surface area contributed by atoms with Gasteiger partial charge in [-0.2, -0.15) is 5.26 Å². The third kappa shape index (κ3) is 3.44. The maximum Gasteiger partial charge on any atom is 0.240 e. The summed E-state index contributed by atoms with van der Waals surface area (Å²) in [5.41, 5.74) is -0.596. The first-order valence-electron chi connectivity index (χ1n) is 6.45. The Kier molecular flexibility index (Phi) is 4.18. The molecule has 0 bridgehead atoms. The normalized spacial score (nSPS) is 16.4. The van der Waals surface area contributed by atoms with Crippen LogP contribution in [0.5, 0.6) is 0 Å². The molecule has 0 heterocycles. The minimum Gasteiger partial charge on any atom is -0.376 e. The van der Waals surface area contributed by atoms with E-state index >= 15 is 0 Å². The van der Waals surface area contributed by atoms with E-state index in [-0.39, 0.29) is 18.1 Å². The maximum atomic E-state index is 13.0. The molecule has 20 heavy (non-hydrogen) atoms. The van der Waals surface area contributed by atoms with Crippen molar-refractivity contribution in [3.05, 3.63) is 29.8 Å². The summed E-state index contributed by atoms with van der Waals surface area (Å²) in [4.78, 5) is 11.8. The lowest BCUT2D eigenvalue weighted by Gasteiger charge is -2.22. The topological polar surface area (TPSA) is 64.9 Å². The molecule has 1 aliphatic rings. The van der Waals surface area contributed by atoms with E-state index in [1.54, 1.807) is 0 Å². The van der Waals surface area contributed by atoms with Crippen molar-refractivity contribution in [3.8, 4) is 6.07 Å². The first-order valence-corrected chi connectivity index (χ1v) is 6.45. The van der Waals surface area contributed by atoms with Crippen LogP contribution in [0, 0.1) is 23.0 Å². The Labute approximate surface area is 115 Å². The van der Waals surface area contributed by atoms with Gasteiger partial charge in [-0.3, -0.25) is 4.79 Å². The first-order chi connectivity index (χ1) is 9.53. The summed E-state index contributed by atoms with van der Waals surface area (Å²) in [6, 6.07) is 5.11. The third-order valence-electron chi connectivity index (χ3n) is 3.37. The molecule has 106 valence electrons. The van der Waals surface area contributed by atoms with Gasteiger partial charge in [0.2, 0.25) is 5.91 Å². The second-order valence-electron chi connectivity index (χ2n) is 4.96. The average Bonchev–Trinajstić information content (AvgIpc) is 2.84. The van der Waals surface area contributed by atoms with Gasteiger partial charge in [-0.25, -0.2) is 8.78 Å². The van der Waals surface area contributed by atoms with Crippen molar-refractivity contribution in [3.63, 3.8) is 0 Å². The van der Waals surface area contributed by atoms with Crippen molar-refractivity contribution in [2.75, 3.05) is 11.9 Å². The molecule has 0 unspecified atom stereocenters. The standard InChI is InChI=1S/C14H15F2N3O/c15-10-5-11(16)7-12(6-10)18-8-13(20)19-14(9-17)3-1-2-4-14/h5-7,18H,1-4,8H2,(H,19,20). The summed E-state index contributed by atoms with van der Waals surface area (Å²) in [5, 5.41) is 14.5. The first kappa shape index (κ1) is 14.3. The summed E-state index contributed by atoms with van der Waals surface area (Å²) in [6.45, 7) is -0.133. The predicted octanol–water partition coefficient (Wildman–Crippen LogP) is 2.33. The van der Waals surface area contributed by atoms with E-state index in [2.05, 4.69) is 16.7 Å². The van der Waals surface area contributed by atoms with Gasteiger partial charge in [0.1, 0.15) is 17.2 Å². The van der Waals surface area contributed by atoms with Crippen LogP contribution in [0.2, 0.25) is 0 Å². The molecule has 0 spiro atoms. The molecule has 1 aromatic carbocycles. The van der Waals surface area contributed by atoms with Gasteiger partial charge in [0.15, 0.2) is 0 Å². The molecule has 1 aliphatic carbocycles. The van der Waals surface area contributed by atoms with Gasteiger partial charge in [0.05, 0.1) is 12.6 Å². The van der Waals surface area contributed by atoms with Crippen molar-refractivity contribution < 1.29 is 13.6 Å². The molecular weight excluding hydrogens is 264 g/mol. The lowest BCUT2D eigenvalue weighted by molar-refractivity contribution is -0.120. The molecule has 1 saturated carbocycles. The highest BCUT2D eigenvalue weighted by Crippen LogP contribution is 2.28. The fourth-order valence-corrected chi connectivity index (χ4v) is 2.39. The van der Waals surface area contributed by atoms with E-state index in [9.17, 15) is 13.6 Å². The molecular formula is C14H15F2N3O. The van der Waals surface area contributed by atoms with E-state index in [1.807, 2.05) is 0 Å². The van der Waals surface area contributed by atoms with Crippen LogP contribution in [0.3, 0.4) is 0 Å². The summed E-state index contributed by atoms with van der Waals surface area (Å²) in [5.74, 6) is -1.78. The fourth-order valence-electron chi connectivity index (χ4n) is 2.39. The van der Waals surface area contributed by atoms with Crippen LogP contribution in [-0.2, 0) is 4.79 Å². The molecule has 0 atom stereocenters. The summed E-state index contributed by atoms with van der Waals surface area (Å²) < 4.78 is 25.9. The number of nitrogens with one attached hydrogen (secondary N) is 2. The van der Waals surface area contributed by atoms with Gasteiger partial charge in [-0.05, 0) is 37.8 Å². The number of hydrogen-bond donors (Lipinski definition) is 2. The van der Waals surface area contributed by atoms with Crippen molar-refractivity contribution in [1.82, 2.24) is 5.32 Å². The zero-order chi connectivity index (χ0) is 14.6. The van der Waals surface area contributed by atoms with Crippen molar-refractivity contribution in [2.45, 2.75) is 31.2 Å². The fraction of sp³-hybridized carbons (Fsp3) is 0.429. The van der Waals surface area contributed by atoms with E-state index in [0.29, 0.717) is 12.8 Å². The highest BCUT2D eigenvalue weighted by Gasteiger charge is 2.35. The maximum absolute atomic E-state index is 13.0. The van der Waals surface area contributed by atoms with Gasteiger partial charge in [0, 0.05) is 11.8 Å². The number of anilines is 1. The second-order valence-corrected chi connectivity index (χ2v) is 4.96. The van der Waals surface area contributed by atoms with E-state index < -0.39 is 17.2 Å². The number of amides is 1. The number of benzene rings is 1. The number of halogens is 2. The van der Waals surface area contributed by atoms with Crippen LogP contribution in [0.1, 0.15) is 25.7 Å². The lowest BCUT2D eigenvalue weighted by atomic mass is 10.00. The highest BCUT2D eigenvalue weighted by atomic mass is 19.1. The molecule has 0 saturated heterocycles. The minimum atomic E-state index is -0.786. The number of rotatable bonds is 4. The monoisotopic (exact) mass is 279 g/mol. The molecule has 2 N–H and O–H groups in total. The third-order valence-corrected chi connectivity index (χ3v) is 3.37. The van der Waals surface area contributed by atoms with Crippen LogP contribution in [-0.4, -0.2) is 18.0 Å². The predicted molar refractivity (Wildman–Crippen MR) is 69.8 cm³/mol. The van der Waals surface area contributed by atoms with Crippen LogP contribution >= 0.6 is 0 Å². The van der Waals surface area contributed by atoms with Gasteiger partial charge in [-0.15, -0.1) is 0 Å². The lowest BCUT2D eigenvalue weighted by Crippen LogP contribution is -2.47. The summed E-state index contributed by atoms with van der Waals surface area (Å²) in [6.07, 6.45) is 3.11. The van der Waals surface area contributed by atoms with E-state index in [1.165, 1.54) is 0 Å². The molecule has 1 aromatic rings. The number of hydrogen-bond acceptors (Lipinski definition) is 3. The van der Waals surface area contributed by atoms with Crippen LogP contribution < -0.4 is 10.6 Å². The summed E-state index contributed by atoms with van der Waals surface area (Å²) in [7, 11) is 0. The molecule has 0 aromatic heterocycles. The molecule has 6 heteroatoms. The molecule has 1 fully saturated rings. The Bertz CT molecular complexity index is 528. The molecule has 4 nitrogen and oxygen atoms in total.